The van der Waals surface area contributed by atoms with Crippen LogP contribution < -0.4 is 16.2 Å². The number of aromatic nitrogens is 1. The van der Waals surface area contributed by atoms with E-state index in [1.54, 1.807) is 36.5 Å². The molecule has 2 N–H and O–H groups in total. The van der Waals surface area contributed by atoms with Crippen molar-refractivity contribution in [1.29, 1.82) is 0 Å². The number of carbonyl (C=O) groups is 2. The Kier molecular flexibility index (Phi) is 6.58. The minimum atomic E-state index is -0.233. The summed E-state index contributed by atoms with van der Waals surface area (Å²) >= 11 is 0. The molecule has 3 rings (SSSR count). The van der Waals surface area contributed by atoms with Gasteiger partial charge in [0.15, 0.2) is 0 Å². The summed E-state index contributed by atoms with van der Waals surface area (Å²) in [5, 5.41) is 5.80. The van der Waals surface area contributed by atoms with E-state index in [2.05, 4.69) is 10.6 Å². The second-order valence-electron chi connectivity index (χ2n) is 6.72. The fraction of sp³-hybridized carbons (Fsp3) is 0.174. The molecule has 0 fully saturated rings. The van der Waals surface area contributed by atoms with Crippen molar-refractivity contribution < 1.29 is 9.59 Å². The lowest BCUT2D eigenvalue weighted by Crippen LogP contribution is -2.29. The summed E-state index contributed by atoms with van der Waals surface area (Å²) in [7, 11) is 0. The fourth-order valence-electron chi connectivity index (χ4n) is 2.94. The van der Waals surface area contributed by atoms with Gasteiger partial charge in [0.25, 0.3) is 11.5 Å². The topological polar surface area (TPSA) is 80.2 Å². The van der Waals surface area contributed by atoms with Gasteiger partial charge < -0.3 is 15.2 Å². The number of hydrogen-bond donors (Lipinski definition) is 2. The summed E-state index contributed by atoms with van der Waals surface area (Å²) in [6.07, 6.45) is 1.87. The number of anilines is 1. The Labute approximate surface area is 169 Å². The van der Waals surface area contributed by atoms with Gasteiger partial charge in [-0.2, -0.15) is 0 Å². The van der Waals surface area contributed by atoms with Crippen LogP contribution in [-0.4, -0.2) is 16.4 Å². The Morgan fingerprint density at radius 2 is 1.72 bits per heavy atom. The van der Waals surface area contributed by atoms with Crippen molar-refractivity contribution in [3.8, 4) is 0 Å². The smallest absolute Gasteiger partial charge is 0.255 e. The highest BCUT2D eigenvalue weighted by Crippen LogP contribution is 2.18. The highest BCUT2D eigenvalue weighted by molar-refractivity contribution is 6.04. The highest BCUT2D eigenvalue weighted by Gasteiger charge is 2.12. The quantitative estimate of drug-likeness (QED) is 0.650. The Morgan fingerprint density at radius 3 is 2.48 bits per heavy atom. The molecule has 29 heavy (non-hydrogen) atoms. The molecule has 1 heterocycles. The number of nitrogens with zero attached hydrogens (tertiary/aromatic N) is 1. The predicted octanol–water partition coefficient (Wildman–Crippen LogP) is 3.37. The Balaban J connectivity index is 1.58. The number of nitrogens with one attached hydrogen (secondary N) is 2. The predicted molar refractivity (Wildman–Crippen MR) is 113 cm³/mol. The lowest BCUT2D eigenvalue weighted by molar-refractivity contribution is -0.121. The molecule has 2 aromatic carbocycles. The number of carbonyl (C=O) groups excluding carboxylic acids is 2. The first-order chi connectivity index (χ1) is 14.0. The van der Waals surface area contributed by atoms with Gasteiger partial charge in [-0.05, 0) is 42.8 Å². The van der Waals surface area contributed by atoms with Gasteiger partial charge in [0.05, 0.1) is 6.04 Å². The van der Waals surface area contributed by atoms with Crippen molar-refractivity contribution in [3.63, 3.8) is 0 Å². The minimum absolute atomic E-state index is 0.129. The summed E-state index contributed by atoms with van der Waals surface area (Å²) in [6.45, 7) is 2.20. The van der Waals surface area contributed by atoms with Gasteiger partial charge in [-0.3, -0.25) is 14.4 Å². The van der Waals surface area contributed by atoms with E-state index >= 15 is 0 Å². The van der Waals surface area contributed by atoms with Crippen molar-refractivity contribution in [2.45, 2.75) is 25.9 Å². The molecule has 6 heteroatoms. The van der Waals surface area contributed by atoms with Crippen LogP contribution in [0.4, 0.5) is 5.69 Å². The summed E-state index contributed by atoms with van der Waals surface area (Å²) in [5.74, 6) is -0.334. The number of amides is 2. The molecule has 0 aliphatic heterocycles. The Bertz CT molecular complexity index is 1040. The van der Waals surface area contributed by atoms with Crippen molar-refractivity contribution >= 4 is 17.5 Å². The number of pyridine rings is 1. The zero-order valence-electron chi connectivity index (χ0n) is 16.2. The van der Waals surface area contributed by atoms with Crippen molar-refractivity contribution in [3.05, 3.63) is 100 Å². The number of rotatable bonds is 7. The second-order valence-corrected chi connectivity index (χ2v) is 6.72. The molecule has 0 aliphatic carbocycles. The molecule has 0 bridgehead atoms. The average molecular weight is 389 g/mol. The van der Waals surface area contributed by atoms with E-state index in [1.165, 1.54) is 10.6 Å². The molecule has 0 radical (unpaired) electrons. The van der Waals surface area contributed by atoms with Gasteiger partial charge in [0, 0.05) is 36.5 Å². The molecule has 0 aliphatic rings. The summed E-state index contributed by atoms with van der Waals surface area (Å²) in [5.41, 5.74) is 1.99. The zero-order valence-corrected chi connectivity index (χ0v) is 16.2. The Morgan fingerprint density at radius 1 is 0.966 bits per heavy atom. The highest BCUT2D eigenvalue weighted by atomic mass is 16.2. The maximum absolute atomic E-state index is 12.3. The van der Waals surface area contributed by atoms with Crippen LogP contribution in [0.5, 0.6) is 0 Å². The third kappa shape index (κ3) is 5.65. The lowest BCUT2D eigenvalue weighted by atomic mass is 10.1. The van der Waals surface area contributed by atoms with Crippen molar-refractivity contribution in [2.75, 3.05) is 5.32 Å². The molecular weight excluding hydrogens is 366 g/mol. The standard InChI is InChI=1S/C23H23N3O3/c1-17(24-21(27)13-15-26-14-6-5-12-22(26)28)19-10-7-11-20(16-19)25-23(29)18-8-3-2-4-9-18/h2-12,14,16-17H,13,15H2,1H3,(H,24,27)(H,25,29). The maximum atomic E-state index is 12.3. The molecule has 148 valence electrons. The SMILES string of the molecule is CC(NC(=O)CCn1ccccc1=O)c1cccc(NC(=O)c2ccccc2)c1. The first-order valence-corrected chi connectivity index (χ1v) is 9.44. The van der Waals surface area contributed by atoms with E-state index in [9.17, 15) is 14.4 Å². The van der Waals surface area contributed by atoms with Crippen LogP contribution in [0.1, 0.15) is 35.3 Å². The van der Waals surface area contributed by atoms with Gasteiger partial charge in [-0.15, -0.1) is 0 Å². The molecule has 2 amide bonds. The molecule has 0 spiro atoms. The molecule has 0 saturated heterocycles. The fourth-order valence-corrected chi connectivity index (χ4v) is 2.94. The summed E-state index contributed by atoms with van der Waals surface area (Å²) in [4.78, 5) is 36.3. The van der Waals surface area contributed by atoms with Gasteiger partial charge in [0.2, 0.25) is 5.91 Å². The minimum Gasteiger partial charge on any atom is -0.350 e. The Hall–Kier alpha value is -3.67. The zero-order chi connectivity index (χ0) is 20.6. The van der Waals surface area contributed by atoms with Gasteiger partial charge in [-0.1, -0.05) is 36.4 Å². The van der Waals surface area contributed by atoms with E-state index in [4.69, 9.17) is 0 Å². The van der Waals surface area contributed by atoms with Crippen LogP contribution in [0, 0.1) is 0 Å². The number of aryl methyl sites for hydroxylation is 1. The largest absolute Gasteiger partial charge is 0.350 e. The summed E-state index contributed by atoms with van der Waals surface area (Å²) in [6, 6.07) is 21.0. The number of benzene rings is 2. The molecule has 1 unspecified atom stereocenters. The molecule has 1 atom stereocenters. The third-order valence-electron chi connectivity index (χ3n) is 4.54. The third-order valence-corrected chi connectivity index (χ3v) is 4.54. The molecular formula is C23H23N3O3. The van der Waals surface area contributed by atoms with E-state index in [1.807, 2.05) is 43.3 Å². The van der Waals surface area contributed by atoms with Crippen molar-refractivity contribution in [2.24, 2.45) is 0 Å². The van der Waals surface area contributed by atoms with E-state index < -0.39 is 0 Å². The monoisotopic (exact) mass is 389 g/mol. The van der Waals surface area contributed by atoms with Crippen LogP contribution in [0.3, 0.4) is 0 Å². The normalized spacial score (nSPS) is 11.5. The van der Waals surface area contributed by atoms with Gasteiger partial charge in [0.1, 0.15) is 0 Å². The van der Waals surface area contributed by atoms with E-state index in [-0.39, 0.29) is 29.8 Å². The lowest BCUT2D eigenvalue weighted by Gasteiger charge is -2.16. The molecule has 3 aromatic rings. The van der Waals surface area contributed by atoms with Gasteiger partial charge in [-0.25, -0.2) is 0 Å². The number of hydrogen-bond acceptors (Lipinski definition) is 3. The first-order valence-electron chi connectivity index (χ1n) is 9.44. The first kappa shape index (κ1) is 20.1. The van der Waals surface area contributed by atoms with Crippen molar-refractivity contribution in [1.82, 2.24) is 9.88 Å². The van der Waals surface area contributed by atoms with E-state index in [0.29, 0.717) is 17.8 Å². The average Bonchev–Trinajstić information content (AvgIpc) is 2.74. The molecule has 1 aromatic heterocycles. The van der Waals surface area contributed by atoms with Crippen LogP contribution in [0.2, 0.25) is 0 Å². The van der Waals surface area contributed by atoms with E-state index in [0.717, 1.165) is 5.56 Å². The van der Waals surface area contributed by atoms with Gasteiger partial charge >= 0.3 is 0 Å². The molecule has 6 nitrogen and oxygen atoms in total. The maximum Gasteiger partial charge on any atom is 0.255 e. The van der Waals surface area contributed by atoms with Crippen LogP contribution in [0.15, 0.2) is 83.8 Å². The van der Waals surface area contributed by atoms with Crippen LogP contribution in [0.25, 0.3) is 0 Å². The molecule has 0 saturated carbocycles. The second kappa shape index (κ2) is 9.50. The van der Waals surface area contributed by atoms with Crippen LogP contribution in [-0.2, 0) is 11.3 Å². The van der Waals surface area contributed by atoms with Crippen LogP contribution >= 0.6 is 0 Å². The summed E-state index contributed by atoms with van der Waals surface area (Å²) < 4.78 is 1.50.